The number of amides is 2. The summed E-state index contributed by atoms with van der Waals surface area (Å²) in [6.07, 6.45) is -0.351. The Bertz CT molecular complexity index is 598. The van der Waals surface area contributed by atoms with E-state index in [4.69, 9.17) is 4.74 Å². The Morgan fingerprint density at radius 3 is 2.70 bits per heavy atom. The number of ether oxygens (including phenoxy) is 1. The summed E-state index contributed by atoms with van der Waals surface area (Å²) in [5.41, 5.74) is 0. The highest BCUT2D eigenvalue weighted by Crippen LogP contribution is 2.20. The van der Waals surface area contributed by atoms with Gasteiger partial charge in [0.2, 0.25) is 11.8 Å². The van der Waals surface area contributed by atoms with Crippen molar-refractivity contribution in [1.82, 2.24) is 9.80 Å². The SMILES string of the molecule is CCCN(CC(F)F)C(=O)C1CCCN(C(=O)CCOc2ccccc2)C1. The van der Waals surface area contributed by atoms with E-state index in [0.717, 1.165) is 0 Å². The average Bonchev–Trinajstić information content (AvgIpc) is 2.67. The summed E-state index contributed by atoms with van der Waals surface area (Å²) in [4.78, 5) is 27.9. The van der Waals surface area contributed by atoms with Gasteiger partial charge in [0.05, 0.1) is 25.5 Å². The van der Waals surface area contributed by atoms with E-state index >= 15 is 0 Å². The minimum Gasteiger partial charge on any atom is -0.493 e. The van der Waals surface area contributed by atoms with E-state index < -0.39 is 18.9 Å². The van der Waals surface area contributed by atoms with Crippen molar-refractivity contribution in [3.05, 3.63) is 30.3 Å². The monoisotopic (exact) mass is 382 g/mol. The molecule has 27 heavy (non-hydrogen) atoms. The molecule has 1 aromatic rings. The van der Waals surface area contributed by atoms with Crippen LogP contribution in [0.25, 0.3) is 0 Å². The molecule has 5 nitrogen and oxygen atoms in total. The van der Waals surface area contributed by atoms with Crippen molar-refractivity contribution in [2.45, 2.75) is 39.0 Å². The van der Waals surface area contributed by atoms with Crippen LogP contribution < -0.4 is 4.74 Å². The van der Waals surface area contributed by atoms with Crippen LogP contribution in [0.3, 0.4) is 0 Å². The van der Waals surface area contributed by atoms with Gasteiger partial charge in [0.25, 0.3) is 6.43 Å². The van der Waals surface area contributed by atoms with Crippen molar-refractivity contribution in [3.63, 3.8) is 0 Å². The Labute approximate surface area is 159 Å². The zero-order valence-electron chi connectivity index (χ0n) is 15.8. The molecule has 1 fully saturated rings. The van der Waals surface area contributed by atoms with Crippen molar-refractivity contribution in [2.75, 3.05) is 32.8 Å². The lowest BCUT2D eigenvalue weighted by Gasteiger charge is -2.35. The number of benzene rings is 1. The number of para-hydroxylation sites is 1. The van der Waals surface area contributed by atoms with Gasteiger partial charge < -0.3 is 14.5 Å². The Kier molecular flexibility index (Phi) is 8.48. The van der Waals surface area contributed by atoms with Crippen LogP contribution in [-0.2, 0) is 9.59 Å². The number of piperidine rings is 1. The summed E-state index contributed by atoms with van der Waals surface area (Å²) >= 11 is 0. The molecular weight excluding hydrogens is 354 g/mol. The van der Waals surface area contributed by atoms with Crippen LogP contribution in [-0.4, -0.2) is 60.8 Å². The van der Waals surface area contributed by atoms with Crippen molar-refractivity contribution in [1.29, 1.82) is 0 Å². The Morgan fingerprint density at radius 1 is 1.30 bits per heavy atom. The third-order valence-corrected chi connectivity index (χ3v) is 4.61. The highest BCUT2D eigenvalue weighted by Gasteiger charge is 2.31. The van der Waals surface area contributed by atoms with Gasteiger partial charge in [-0.15, -0.1) is 0 Å². The van der Waals surface area contributed by atoms with Gasteiger partial charge in [-0.05, 0) is 31.4 Å². The molecule has 0 bridgehead atoms. The van der Waals surface area contributed by atoms with E-state index in [1.807, 2.05) is 37.3 Å². The van der Waals surface area contributed by atoms with E-state index in [-0.39, 0.29) is 24.8 Å². The van der Waals surface area contributed by atoms with Crippen LogP contribution in [0, 0.1) is 5.92 Å². The topological polar surface area (TPSA) is 49.9 Å². The largest absolute Gasteiger partial charge is 0.493 e. The Morgan fingerprint density at radius 2 is 2.04 bits per heavy atom. The third-order valence-electron chi connectivity index (χ3n) is 4.61. The number of nitrogens with zero attached hydrogens (tertiary/aromatic N) is 2. The highest BCUT2D eigenvalue weighted by atomic mass is 19.3. The summed E-state index contributed by atoms with van der Waals surface area (Å²) in [5.74, 6) is -0.0308. The standard InChI is InChI=1S/C20H28F2N2O3/c1-2-11-24(15-18(21)22)20(26)16-7-6-12-23(14-16)19(25)10-13-27-17-8-4-3-5-9-17/h3-5,8-9,16,18H,2,6-7,10-15H2,1H3. The first kappa shape index (κ1) is 21.1. The first-order chi connectivity index (χ1) is 13.0. The molecule has 1 aliphatic rings. The fraction of sp³-hybridized carbons (Fsp3) is 0.600. The maximum Gasteiger partial charge on any atom is 0.255 e. The molecule has 2 rings (SSSR count). The number of halogens is 2. The molecule has 1 unspecified atom stereocenters. The summed E-state index contributed by atoms with van der Waals surface area (Å²) in [5, 5.41) is 0. The number of alkyl halides is 2. The fourth-order valence-corrected chi connectivity index (χ4v) is 3.32. The summed E-state index contributed by atoms with van der Waals surface area (Å²) < 4.78 is 31.0. The lowest BCUT2D eigenvalue weighted by atomic mass is 9.96. The lowest BCUT2D eigenvalue weighted by molar-refractivity contribution is -0.142. The van der Waals surface area contributed by atoms with Gasteiger partial charge in [-0.25, -0.2) is 8.78 Å². The van der Waals surface area contributed by atoms with E-state index in [1.165, 1.54) is 4.90 Å². The molecule has 0 radical (unpaired) electrons. The molecule has 1 saturated heterocycles. The van der Waals surface area contributed by atoms with Crippen LogP contribution >= 0.6 is 0 Å². The normalized spacial score (nSPS) is 17.0. The van der Waals surface area contributed by atoms with E-state index in [9.17, 15) is 18.4 Å². The molecule has 7 heteroatoms. The van der Waals surface area contributed by atoms with Gasteiger partial charge in [-0.2, -0.15) is 0 Å². The zero-order chi connectivity index (χ0) is 19.6. The second-order valence-electron chi connectivity index (χ2n) is 6.77. The number of hydrogen-bond donors (Lipinski definition) is 0. The first-order valence-corrected chi connectivity index (χ1v) is 9.53. The second-order valence-corrected chi connectivity index (χ2v) is 6.77. The lowest BCUT2D eigenvalue weighted by Crippen LogP contribution is -2.48. The Hall–Kier alpha value is -2.18. The predicted molar refractivity (Wildman–Crippen MR) is 98.7 cm³/mol. The molecule has 0 aliphatic carbocycles. The van der Waals surface area contributed by atoms with Crippen molar-refractivity contribution >= 4 is 11.8 Å². The van der Waals surface area contributed by atoms with Gasteiger partial charge in [0, 0.05) is 19.6 Å². The van der Waals surface area contributed by atoms with E-state index in [2.05, 4.69) is 0 Å². The maximum absolute atomic E-state index is 12.7. The first-order valence-electron chi connectivity index (χ1n) is 9.53. The number of carbonyl (C=O) groups is 2. The molecule has 1 heterocycles. The minimum absolute atomic E-state index is 0.0701. The average molecular weight is 382 g/mol. The highest BCUT2D eigenvalue weighted by molar-refractivity contribution is 5.81. The second kappa shape index (κ2) is 10.8. The van der Waals surface area contributed by atoms with E-state index in [0.29, 0.717) is 44.6 Å². The van der Waals surface area contributed by atoms with Crippen LogP contribution in [0.4, 0.5) is 8.78 Å². The van der Waals surface area contributed by atoms with E-state index in [1.54, 1.807) is 4.90 Å². The Balaban J connectivity index is 1.84. The molecule has 0 aromatic heterocycles. The third kappa shape index (κ3) is 6.81. The van der Waals surface area contributed by atoms with Crippen molar-refractivity contribution in [3.8, 4) is 5.75 Å². The summed E-state index contributed by atoms with van der Waals surface area (Å²) in [6.45, 7) is 2.80. The van der Waals surface area contributed by atoms with Gasteiger partial charge in [-0.1, -0.05) is 25.1 Å². The molecule has 0 saturated carbocycles. The molecule has 2 amide bonds. The van der Waals surface area contributed by atoms with Crippen LogP contribution in [0.5, 0.6) is 5.75 Å². The molecule has 1 aromatic carbocycles. The quantitative estimate of drug-likeness (QED) is 0.659. The number of rotatable bonds is 9. The number of hydrogen-bond acceptors (Lipinski definition) is 3. The summed E-state index contributed by atoms with van der Waals surface area (Å²) in [6, 6.07) is 9.26. The molecule has 1 atom stereocenters. The maximum atomic E-state index is 12.7. The molecule has 0 N–H and O–H groups in total. The van der Waals surface area contributed by atoms with Crippen molar-refractivity contribution in [2.24, 2.45) is 5.92 Å². The van der Waals surface area contributed by atoms with Crippen LogP contribution in [0.2, 0.25) is 0 Å². The molecule has 150 valence electrons. The zero-order valence-corrected chi connectivity index (χ0v) is 15.8. The smallest absolute Gasteiger partial charge is 0.255 e. The summed E-state index contributed by atoms with van der Waals surface area (Å²) in [7, 11) is 0. The fourth-order valence-electron chi connectivity index (χ4n) is 3.32. The van der Waals surface area contributed by atoms with Crippen LogP contribution in [0.1, 0.15) is 32.6 Å². The van der Waals surface area contributed by atoms with Crippen LogP contribution in [0.15, 0.2) is 30.3 Å². The van der Waals surface area contributed by atoms with Gasteiger partial charge in [0.15, 0.2) is 0 Å². The molecular formula is C20H28F2N2O3. The minimum atomic E-state index is -2.54. The predicted octanol–water partition coefficient (Wildman–Crippen LogP) is 3.20. The molecule has 1 aliphatic heterocycles. The van der Waals surface area contributed by atoms with Gasteiger partial charge >= 0.3 is 0 Å². The molecule has 0 spiro atoms. The van der Waals surface area contributed by atoms with Crippen molar-refractivity contribution < 1.29 is 23.1 Å². The number of carbonyl (C=O) groups excluding carboxylic acids is 2. The van der Waals surface area contributed by atoms with Gasteiger partial charge in [-0.3, -0.25) is 9.59 Å². The van der Waals surface area contributed by atoms with Gasteiger partial charge in [0.1, 0.15) is 5.75 Å². The number of likely N-dealkylation sites (tertiary alicyclic amines) is 1.